The van der Waals surface area contributed by atoms with Crippen LogP contribution in [0, 0.1) is 5.41 Å². The fraction of sp³-hybridized carbons (Fsp3) is 0.0909. The highest BCUT2D eigenvalue weighted by molar-refractivity contribution is 7.79. The quantitative estimate of drug-likeness (QED) is 0.112. The van der Waals surface area contributed by atoms with E-state index in [1.807, 2.05) is 36.4 Å². The Labute approximate surface area is 171 Å². The SMILES string of the molecule is C=CCNCc1cccc(/C=C(\N)C(=N)c2cc(/C(C=S)=C/N)ccc2N)c1. The van der Waals surface area contributed by atoms with Crippen molar-refractivity contribution < 1.29 is 0 Å². The molecule has 2 rings (SSSR count). The van der Waals surface area contributed by atoms with E-state index in [0.29, 0.717) is 22.5 Å². The van der Waals surface area contributed by atoms with Gasteiger partial charge >= 0.3 is 0 Å². The second-order valence-corrected chi connectivity index (χ2v) is 6.42. The third-order valence-corrected chi connectivity index (χ3v) is 4.40. The van der Waals surface area contributed by atoms with Gasteiger partial charge in [-0.05, 0) is 34.9 Å². The molecule has 0 aliphatic heterocycles. The normalized spacial score (nSPS) is 11.9. The smallest absolute Gasteiger partial charge is 0.0862 e. The van der Waals surface area contributed by atoms with Crippen LogP contribution >= 0.6 is 12.2 Å². The zero-order valence-corrected chi connectivity index (χ0v) is 16.4. The summed E-state index contributed by atoms with van der Waals surface area (Å²) >= 11 is 4.98. The predicted octanol–water partition coefficient (Wildman–Crippen LogP) is 3.21. The Hall–Kier alpha value is -3.22. The molecule has 0 radical (unpaired) electrons. The van der Waals surface area contributed by atoms with Crippen LogP contribution in [0.15, 0.2) is 67.0 Å². The Morgan fingerprint density at radius 3 is 2.68 bits per heavy atom. The molecule has 0 aliphatic carbocycles. The summed E-state index contributed by atoms with van der Waals surface area (Å²) in [7, 11) is 0. The zero-order chi connectivity index (χ0) is 20.5. The standard InChI is InChI=1S/C22H25N5S/c1-2-8-27-13-16-5-3-4-15(9-16)10-21(25)22(26)19-11-17(6-7-20(19)24)18(12-23)14-28/h2-7,9-12,14,26-27H,1,8,13,23-25H2/b18-12+,21-10-,26-22?. The minimum atomic E-state index is 0.148. The molecule has 0 spiro atoms. The number of rotatable bonds is 9. The van der Waals surface area contributed by atoms with Crippen LogP contribution in [0.3, 0.4) is 0 Å². The molecule has 144 valence electrons. The van der Waals surface area contributed by atoms with Crippen molar-refractivity contribution in [2.45, 2.75) is 6.54 Å². The van der Waals surface area contributed by atoms with Crippen LogP contribution in [0.4, 0.5) is 5.69 Å². The fourth-order valence-corrected chi connectivity index (χ4v) is 2.89. The van der Waals surface area contributed by atoms with Crippen molar-refractivity contribution in [2.75, 3.05) is 12.3 Å². The molecule has 0 atom stereocenters. The second-order valence-electron chi connectivity index (χ2n) is 6.18. The Morgan fingerprint density at radius 2 is 2.00 bits per heavy atom. The van der Waals surface area contributed by atoms with Crippen molar-refractivity contribution in [1.29, 1.82) is 5.41 Å². The highest BCUT2D eigenvalue weighted by Gasteiger charge is 2.11. The van der Waals surface area contributed by atoms with Gasteiger partial charge in [0, 0.05) is 41.5 Å². The van der Waals surface area contributed by atoms with Gasteiger partial charge in [-0.2, -0.15) is 0 Å². The van der Waals surface area contributed by atoms with Crippen molar-refractivity contribution in [2.24, 2.45) is 11.5 Å². The second kappa shape index (κ2) is 10.2. The maximum absolute atomic E-state index is 8.48. The van der Waals surface area contributed by atoms with E-state index >= 15 is 0 Å². The predicted molar refractivity (Wildman–Crippen MR) is 124 cm³/mol. The topological polar surface area (TPSA) is 114 Å². The Balaban J connectivity index is 2.29. The van der Waals surface area contributed by atoms with E-state index in [-0.39, 0.29) is 5.71 Å². The number of nitrogen functional groups attached to an aromatic ring is 1. The average molecular weight is 392 g/mol. The molecule has 2 aromatic carbocycles. The van der Waals surface area contributed by atoms with Crippen molar-refractivity contribution in [3.05, 3.63) is 89.3 Å². The van der Waals surface area contributed by atoms with Crippen molar-refractivity contribution >= 4 is 40.6 Å². The van der Waals surface area contributed by atoms with Crippen LogP contribution in [0.1, 0.15) is 22.3 Å². The Morgan fingerprint density at radius 1 is 1.21 bits per heavy atom. The molecule has 0 saturated heterocycles. The highest BCUT2D eigenvalue weighted by Crippen LogP contribution is 2.22. The van der Waals surface area contributed by atoms with Crippen LogP contribution in [0.25, 0.3) is 11.6 Å². The van der Waals surface area contributed by atoms with E-state index in [4.69, 9.17) is 34.8 Å². The maximum Gasteiger partial charge on any atom is 0.0862 e. The van der Waals surface area contributed by atoms with Crippen molar-refractivity contribution in [3.8, 4) is 0 Å². The molecule has 6 heteroatoms. The molecular formula is C22H25N5S. The Bertz CT molecular complexity index is 944. The van der Waals surface area contributed by atoms with Crippen LogP contribution in [0.2, 0.25) is 0 Å². The van der Waals surface area contributed by atoms with Gasteiger partial charge in [-0.3, -0.25) is 5.41 Å². The maximum atomic E-state index is 8.48. The molecule has 0 fully saturated rings. The van der Waals surface area contributed by atoms with Gasteiger partial charge in [0.25, 0.3) is 0 Å². The molecule has 0 unspecified atom stereocenters. The summed E-state index contributed by atoms with van der Waals surface area (Å²) in [5.74, 6) is 0. The van der Waals surface area contributed by atoms with Crippen molar-refractivity contribution in [3.63, 3.8) is 0 Å². The number of hydrogen-bond donors (Lipinski definition) is 5. The number of allylic oxidation sites excluding steroid dienone is 2. The number of thiocarbonyl (C=S) groups is 1. The van der Waals surface area contributed by atoms with Crippen LogP contribution in [-0.2, 0) is 6.54 Å². The van der Waals surface area contributed by atoms with Crippen LogP contribution < -0.4 is 22.5 Å². The third kappa shape index (κ3) is 5.39. The molecule has 8 N–H and O–H groups in total. The molecule has 0 heterocycles. The first-order chi connectivity index (χ1) is 13.5. The van der Waals surface area contributed by atoms with Gasteiger partial charge in [-0.25, -0.2) is 0 Å². The first-order valence-corrected chi connectivity index (χ1v) is 9.21. The van der Waals surface area contributed by atoms with Crippen molar-refractivity contribution in [1.82, 2.24) is 5.32 Å². The van der Waals surface area contributed by atoms with E-state index in [9.17, 15) is 0 Å². The number of nitrogens with two attached hydrogens (primary N) is 3. The summed E-state index contributed by atoms with van der Waals surface area (Å²) in [6, 6.07) is 13.3. The lowest BCUT2D eigenvalue weighted by molar-refractivity contribution is 0.760. The van der Waals surface area contributed by atoms with Gasteiger partial charge in [-0.15, -0.1) is 6.58 Å². The van der Waals surface area contributed by atoms with E-state index in [2.05, 4.69) is 11.9 Å². The van der Waals surface area contributed by atoms with E-state index in [1.54, 1.807) is 18.2 Å². The van der Waals surface area contributed by atoms with E-state index in [1.165, 1.54) is 11.6 Å². The number of hydrogen-bond acceptors (Lipinski definition) is 6. The molecular weight excluding hydrogens is 366 g/mol. The molecule has 0 aliphatic rings. The first-order valence-electron chi connectivity index (χ1n) is 8.74. The monoisotopic (exact) mass is 391 g/mol. The van der Waals surface area contributed by atoms with Gasteiger partial charge in [0.1, 0.15) is 0 Å². The third-order valence-electron chi connectivity index (χ3n) is 4.14. The summed E-state index contributed by atoms with van der Waals surface area (Å²) in [6.45, 7) is 5.16. The summed E-state index contributed by atoms with van der Waals surface area (Å²) in [4.78, 5) is 0. The Kier molecular flexibility index (Phi) is 7.68. The summed E-state index contributed by atoms with van der Waals surface area (Å²) in [6.07, 6.45) is 5.01. The molecule has 0 aromatic heterocycles. The van der Waals surface area contributed by atoms with Crippen LogP contribution in [-0.4, -0.2) is 17.6 Å². The number of anilines is 1. The number of benzene rings is 2. The van der Waals surface area contributed by atoms with E-state index < -0.39 is 0 Å². The lowest BCUT2D eigenvalue weighted by atomic mass is 9.98. The molecule has 0 bridgehead atoms. The first kappa shape index (κ1) is 21.1. The van der Waals surface area contributed by atoms with Gasteiger partial charge in [0.05, 0.1) is 11.4 Å². The van der Waals surface area contributed by atoms with E-state index in [0.717, 1.165) is 29.8 Å². The lowest BCUT2D eigenvalue weighted by Crippen LogP contribution is -2.14. The zero-order valence-electron chi connectivity index (χ0n) is 15.6. The van der Waals surface area contributed by atoms with Crippen LogP contribution in [0.5, 0.6) is 0 Å². The summed E-state index contributed by atoms with van der Waals surface area (Å²) in [5.41, 5.74) is 22.8. The largest absolute Gasteiger partial charge is 0.404 e. The summed E-state index contributed by atoms with van der Waals surface area (Å²) < 4.78 is 0. The molecule has 2 aromatic rings. The minimum absolute atomic E-state index is 0.148. The fourth-order valence-electron chi connectivity index (χ4n) is 2.67. The highest BCUT2D eigenvalue weighted by atomic mass is 32.1. The average Bonchev–Trinajstić information content (AvgIpc) is 2.70. The summed E-state index contributed by atoms with van der Waals surface area (Å²) in [5, 5.41) is 13.2. The number of nitrogens with one attached hydrogen (secondary N) is 2. The molecule has 0 amide bonds. The van der Waals surface area contributed by atoms with Gasteiger partial charge in [0.2, 0.25) is 0 Å². The molecule has 28 heavy (non-hydrogen) atoms. The van der Waals surface area contributed by atoms with Gasteiger partial charge < -0.3 is 22.5 Å². The molecule has 5 nitrogen and oxygen atoms in total. The lowest BCUT2D eigenvalue weighted by Gasteiger charge is -2.11. The minimum Gasteiger partial charge on any atom is -0.404 e. The molecule has 0 saturated carbocycles. The van der Waals surface area contributed by atoms with Gasteiger partial charge in [-0.1, -0.05) is 48.6 Å². The van der Waals surface area contributed by atoms with Gasteiger partial charge in [0.15, 0.2) is 0 Å².